The lowest BCUT2D eigenvalue weighted by atomic mass is 10.1. The first-order valence-electron chi connectivity index (χ1n) is 7.56. The number of carbonyl (C=O) groups is 2. The highest BCUT2D eigenvalue weighted by Crippen LogP contribution is 2.25. The van der Waals surface area contributed by atoms with Crippen molar-refractivity contribution in [1.82, 2.24) is 5.32 Å². The standard InChI is InChI=1S/C16H21FN2O3/c1-2-22-11-3-9-18-15(20)14-8-10-19(16(14)21)13-6-4-12(17)5-7-13/h4-7,14H,2-3,8-11H2,1H3,(H,18,20)/t14-/m0/s1. The van der Waals surface area contributed by atoms with Gasteiger partial charge in [0.1, 0.15) is 11.7 Å². The zero-order valence-electron chi connectivity index (χ0n) is 12.7. The minimum absolute atomic E-state index is 0.228. The highest BCUT2D eigenvalue weighted by atomic mass is 19.1. The summed E-state index contributed by atoms with van der Waals surface area (Å²) in [5.74, 6) is -1.48. The molecule has 0 unspecified atom stereocenters. The number of benzene rings is 1. The number of nitrogens with zero attached hydrogens (tertiary/aromatic N) is 1. The highest BCUT2D eigenvalue weighted by Gasteiger charge is 2.37. The molecule has 1 aliphatic rings. The van der Waals surface area contributed by atoms with E-state index in [1.54, 1.807) is 12.1 Å². The summed E-state index contributed by atoms with van der Waals surface area (Å²) in [5, 5.41) is 2.77. The van der Waals surface area contributed by atoms with Crippen LogP contribution in [0.4, 0.5) is 10.1 Å². The van der Waals surface area contributed by atoms with Gasteiger partial charge in [0.2, 0.25) is 11.8 Å². The van der Waals surface area contributed by atoms with Gasteiger partial charge in [0.25, 0.3) is 0 Å². The molecule has 120 valence electrons. The summed E-state index contributed by atoms with van der Waals surface area (Å²) in [7, 11) is 0. The van der Waals surface area contributed by atoms with E-state index in [1.165, 1.54) is 17.0 Å². The maximum Gasteiger partial charge on any atom is 0.239 e. The molecule has 0 aliphatic carbocycles. The van der Waals surface area contributed by atoms with Crippen LogP contribution in [0.3, 0.4) is 0 Å². The van der Waals surface area contributed by atoms with E-state index in [2.05, 4.69) is 5.32 Å². The van der Waals surface area contributed by atoms with Crippen LogP contribution < -0.4 is 10.2 Å². The van der Waals surface area contributed by atoms with Crippen LogP contribution in [0, 0.1) is 11.7 Å². The molecule has 1 heterocycles. The van der Waals surface area contributed by atoms with Crippen molar-refractivity contribution in [3.63, 3.8) is 0 Å². The average Bonchev–Trinajstić information content (AvgIpc) is 2.89. The predicted molar refractivity (Wildman–Crippen MR) is 81.0 cm³/mol. The largest absolute Gasteiger partial charge is 0.382 e. The summed E-state index contributed by atoms with van der Waals surface area (Å²) in [6.45, 7) is 4.14. The number of amides is 2. The van der Waals surface area contributed by atoms with Crippen LogP contribution in [0.5, 0.6) is 0 Å². The van der Waals surface area contributed by atoms with Gasteiger partial charge in [0, 0.05) is 32.0 Å². The predicted octanol–water partition coefficient (Wildman–Crippen LogP) is 1.72. The quantitative estimate of drug-likeness (QED) is 0.616. The number of hydrogen-bond acceptors (Lipinski definition) is 3. The second-order valence-electron chi connectivity index (χ2n) is 5.15. The molecule has 2 amide bonds. The Hall–Kier alpha value is -1.95. The first-order valence-corrected chi connectivity index (χ1v) is 7.56. The smallest absolute Gasteiger partial charge is 0.239 e. The molecule has 1 saturated heterocycles. The molecule has 1 atom stereocenters. The molecule has 0 aromatic heterocycles. The fourth-order valence-corrected chi connectivity index (χ4v) is 2.45. The van der Waals surface area contributed by atoms with Crippen molar-refractivity contribution in [3.05, 3.63) is 30.1 Å². The van der Waals surface area contributed by atoms with Gasteiger partial charge in [-0.1, -0.05) is 0 Å². The van der Waals surface area contributed by atoms with E-state index in [9.17, 15) is 14.0 Å². The summed E-state index contributed by atoms with van der Waals surface area (Å²) >= 11 is 0. The van der Waals surface area contributed by atoms with Gasteiger partial charge in [-0.2, -0.15) is 0 Å². The summed E-state index contributed by atoms with van der Waals surface area (Å²) in [6.07, 6.45) is 1.20. The van der Waals surface area contributed by atoms with Crippen LogP contribution >= 0.6 is 0 Å². The first-order chi connectivity index (χ1) is 10.6. The zero-order valence-corrected chi connectivity index (χ0v) is 12.7. The van der Waals surface area contributed by atoms with Crippen molar-refractivity contribution in [2.75, 3.05) is 31.2 Å². The Morgan fingerprint density at radius 3 is 2.82 bits per heavy atom. The van der Waals surface area contributed by atoms with Crippen LogP contribution in [0.15, 0.2) is 24.3 Å². The number of rotatable bonds is 7. The van der Waals surface area contributed by atoms with Gasteiger partial charge in [-0.05, 0) is 44.0 Å². The minimum Gasteiger partial charge on any atom is -0.382 e. The summed E-state index contributed by atoms with van der Waals surface area (Å²) in [4.78, 5) is 25.9. The number of halogens is 1. The Labute approximate surface area is 129 Å². The molecular weight excluding hydrogens is 287 g/mol. The normalized spacial score (nSPS) is 17.8. The van der Waals surface area contributed by atoms with Crippen LogP contribution in [0.25, 0.3) is 0 Å². The lowest BCUT2D eigenvalue weighted by molar-refractivity contribution is -0.132. The van der Waals surface area contributed by atoms with E-state index < -0.39 is 5.92 Å². The second kappa shape index (κ2) is 7.89. The average molecular weight is 308 g/mol. The van der Waals surface area contributed by atoms with Gasteiger partial charge in [-0.25, -0.2) is 4.39 Å². The fourth-order valence-electron chi connectivity index (χ4n) is 2.45. The van der Waals surface area contributed by atoms with E-state index >= 15 is 0 Å². The molecule has 1 fully saturated rings. The van der Waals surface area contributed by atoms with Crippen LogP contribution in [-0.4, -0.2) is 38.1 Å². The lowest BCUT2D eigenvalue weighted by Crippen LogP contribution is -2.37. The monoisotopic (exact) mass is 308 g/mol. The fraction of sp³-hybridized carbons (Fsp3) is 0.500. The Morgan fingerprint density at radius 1 is 1.41 bits per heavy atom. The zero-order chi connectivity index (χ0) is 15.9. The van der Waals surface area contributed by atoms with Crippen molar-refractivity contribution in [3.8, 4) is 0 Å². The van der Waals surface area contributed by atoms with Gasteiger partial charge in [-0.15, -0.1) is 0 Å². The third kappa shape index (κ3) is 4.04. The molecule has 1 aliphatic heterocycles. The summed E-state index contributed by atoms with van der Waals surface area (Å²) in [6, 6.07) is 5.72. The van der Waals surface area contributed by atoms with Gasteiger partial charge in [0.05, 0.1) is 0 Å². The van der Waals surface area contributed by atoms with Gasteiger partial charge >= 0.3 is 0 Å². The van der Waals surface area contributed by atoms with Gasteiger partial charge in [-0.3, -0.25) is 9.59 Å². The highest BCUT2D eigenvalue weighted by molar-refractivity contribution is 6.09. The molecule has 0 radical (unpaired) electrons. The molecule has 0 bridgehead atoms. The van der Waals surface area contributed by atoms with E-state index in [0.29, 0.717) is 38.4 Å². The molecule has 1 aromatic rings. The van der Waals surface area contributed by atoms with E-state index in [0.717, 1.165) is 6.42 Å². The van der Waals surface area contributed by atoms with E-state index in [-0.39, 0.29) is 17.6 Å². The number of hydrogen-bond donors (Lipinski definition) is 1. The topological polar surface area (TPSA) is 58.6 Å². The maximum atomic E-state index is 12.9. The Morgan fingerprint density at radius 2 is 2.14 bits per heavy atom. The summed E-state index contributed by atoms with van der Waals surface area (Å²) < 4.78 is 18.1. The maximum absolute atomic E-state index is 12.9. The van der Waals surface area contributed by atoms with Crippen LogP contribution in [0.2, 0.25) is 0 Å². The second-order valence-corrected chi connectivity index (χ2v) is 5.15. The van der Waals surface area contributed by atoms with Crippen molar-refractivity contribution in [1.29, 1.82) is 0 Å². The molecule has 0 saturated carbocycles. The van der Waals surface area contributed by atoms with Gasteiger partial charge < -0.3 is 15.0 Å². The van der Waals surface area contributed by atoms with E-state index in [4.69, 9.17) is 4.74 Å². The van der Waals surface area contributed by atoms with Crippen molar-refractivity contribution in [2.45, 2.75) is 19.8 Å². The Balaban J connectivity index is 1.85. The number of ether oxygens (including phenoxy) is 1. The Bertz CT molecular complexity index is 519. The SMILES string of the molecule is CCOCCCNC(=O)[C@@H]1CCN(c2ccc(F)cc2)C1=O. The lowest BCUT2D eigenvalue weighted by Gasteiger charge is -2.16. The molecule has 2 rings (SSSR count). The molecule has 5 nitrogen and oxygen atoms in total. The molecule has 1 N–H and O–H groups in total. The molecule has 0 spiro atoms. The van der Waals surface area contributed by atoms with Crippen molar-refractivity contribution >= 4 is 17.5 Å². The van der Waals surface area contributed by atoms with Crippen LogP contribution in [0.1, 0.15) is 19.8 Å². The number of carbonyl (C=O) groups excluding carboxylic acids is 2. The third-order valence-corrected chi connectivity index (χ3v) is 3.63. The molecule has 1 aromatic carbocycles. The summed E-state index contributed by atoms with van der Waals surface area (Å²) in [5.41, 5.74) is 0.623. The Kier molecular flexibility index (Phi) is 5.89. The number of anilines is 1. The van der Waals surface area contributed by atoms with Crippen molar-refractivity contribution < 1.29 is 18.7 Å². The first kappa shape index (κ1) is 16.4. The molecule has 6 heteroatoms. The molecule has 22 heavy (non-hydrogen) atoms. The van der Waals surface area contributed by atoms with Gasteiger partial charge in [0.15, 0.2) is 0 Å². The van der Waals surface area contributed by atoms with Crippen LogP contribution in [-0.2, 0) is 14.3 Å². The van der Waals surface area contributed by atoms with Crippen molar-refractivity contribution in [2.24, 2.45) is 5.92 Å². The minimum atomic E-state index is -0.655. The third-order valence-electron chi connectivity index (χ3n) is 3.63. The van der Waals surface area contributed by atoms with E-state index in [1.807, 2.05) is 6.92 Å². The molecular formula is C16H21FN2O3. The number of nitrogens with one attached hydrogen (secondary N) is 1.